The second kappa shape index (κ2) is 4.06. The van der Waals surface area contributed by atoms with Crippen LogP contribution < -0.4 is 5.32 Å². The smallest absolute Gasteiger partial charge is 0.0209 e. The van der Waals surface area contributed by atoms with E-state index >= 15 is 0 Å². The molecule has 0 spiro atoms. The van der Waals surface area contributed by atoms with Crippen molar-refractivity contribution >= 4 is 0 Å². The van der Waals surface area contributed by atoms with Crippen LogP contribution in [0.1, 0.15) is 45.4 Å². The van der Waals surface area contributed by atoms with E-state index in [4.69, 9.17) is 0 Å². The molecule has 2 saturated carbocycles. The van der Waals surface area contributed by atoms with Gasteiger partial charge in [-0.3, -0.25) is 4.90 Å². The molecule has 3 rings (SSSR count). The van der Waals surface area contributed by atoms with Gasteiger partial charge in [-0.25, -0.2) is 0 Å². The zero-order valence-electron chi connectivity index (χ0n) is 9.91. The molecule has 0 amide bonds. The molecule has 86 valence electrons. The Labute approximate surface area is 93.4 Å². The molecule has 2 nitrogen and oxygen atoms in total. The Balaban J connectivity index is 1.44. The summed E-state index contributed by atoms with van der Waals surface area (Å²) in [4.78, 5) is 2.70. The van der Waals surface area contributed by atoms with Gasteiger partial charge in [0, 0.05) is 31.2 Å². The predicted octanol–water partition coefficient (Wildman–Crippen LogP) is 2.00. The molecule has 3 fully saturated rings. The fraction of sp³-hybridized carbons (Fsp3) is 1.00. The fourth-order valence-corrected chi connectivity index (χ4v) is 3.39. The van der Waals surface area contributed by atoms with Gasteiger partial charge in [0.2, 0.25) is 0 Å². The average molecular weight is 208 g/mol. The normalized spacial score (nSPS) is 42.6. The molecule has 1 aliphatic heterocycles. The minimum Gasteiger partial charge on any atom is -0.310 e. The maximum atomic E-state index is 3.88. The standard InChI is InChI=1S/C13H24N2/c1-10-2-3-11(8-10)14-12-6-7-15(9-12)13-4-5-13/h10-14H,2-9H2,1H3. The molecule has 15 heavy (non-hydrogen) atoms. The van der Waals surface area contributed by atoms with Crippen LogP contribution in [-0.2, 0) is 0 Å². The second-order valence-electron chi connectivity index (χ2n) is 5.99. The number of hydrogen-bond acceptors (Lipinski definition) is 2. The van der Waals surface area contributed by atoms with Crippen LogP contribution in [0.4, 0.5) is 0 Å². The Morgan fingerprint density at radius 3 is 2.53 bits per heavy atom. The molecule has 3 atom stereocenters. The van der Waals surface area contributed by atoms with Crippen LogP contribution in [-0.4, -0.2) is 36.1 Å². The van der Waals surface area contributed by atoms with Crippen LogP contribution in [0.3, 0.4) is 0 Å². The lowest BCUT2D eigenvalue weighted by atomic mass is 10.1. The number of rotatable bonds is 3. The number of nitrogens with one attached hydrogen (secondary N) is 1. The van der Waals surface area contributed by atoms with E-state index in [0.29, 0.717) is 0 Å². The van der Waals surface area contributed by atoms with Gasteiger partial charge < -0.3 is 5.32 Å². The van der Waals surface area contributed by atoms with Gasteiger partial charge in [-0.05, 0) is 44.4 Å². The molecule has 1 N–H and O–H groups in total. The van der Waals surface area contributed by atoms with Gasteiger partial charge in [-0.1, -0.05) is 6.92 Å². The first-order chi connectivity index (χ1) is 7.31. The highest BCUT2D eigenvalue weighted by molar-refractivity contribution is 4.93. The quantitative estimate of drug-likeness (QED) is 0.763. The minimum atomic E-state index is 0.806. The van der Waals surface area contributed by atoms with Crippen LogP contribution in [0.15, 0.2) is 0 Å². The predicted molar refractivity (Wildman–Crippen MR) is 62.9 cm³/mol. The first-order valence-corrected chi connectivity index (χ1v) is 6.81. The van der Waals surface area contributed by atoms with E-state index in [1.165, 1.54) is 51.6 Å². The van der Waals surface area contributed by atoms with E-state index in [2.05, 4.69) is 17.1 Å². The van der Waals surface area contributed by atoms with Gasteiger partial charge in [-0.15, -0.1) is 0 Å². The zero-order valence-corrected chi connectivity index (χ0v) is 9.91. The van der Waals surface area contributed by atoms with Crippen molar-refractivity contribution in [2.45, 2.75) is 63.6 Å². The van der Waals surface area contributed by atoms with Crippen molar-refractivity contribution in [3.05, 3.63) is 0 Å². The average Bonchev–Trinajstić information content (AvgIpc) is 2.84. The molecule has 0 radical (unpaired) electrons. The highest BCUT2D eigenvalue weighted by Gasteiger charge is 2.35. The van der Waals surface area contributed by atoms with Crippen molar-refractivity contribution in [1.82, 2.24) is 10.2 Å². The van der Waals surface area contributed by atoms with Gasteiger partial charge in [0.15, 0.2) is 0 Å². The molecule has 3 unspecified atom stereocenters. The molecule has 2 heteroatoms. The van der Waals surface area contributed by atoms with E-state index < -0.39 is 0 Å². The Bertz CT molecular complexity index is 225. The molecule has 0 aromatic heterocycles. The summed E-state index contributed by atoms with van der Waals surface area (Å²) in [5, 5.41) is 3.88. The molecule has 3 aliphatic rings. The van der Waals surface area contributed by atoms with Crippen LogP contribution in [0.2, 0.25) is 0 Å². The molecule has 1 heterocycles. The Morgan fingerprint density at radius 2 is 1.87 bits per heavy atom. The highest BCUT2D eigenvalue weighted by atomic mass is 15.2. The van der Waals surface area contributed by atoms with Crippen molar-refractivity contribution in [2.24, 2.45) is 5.92 Å². The molecule has 2 aliphatic carbocycles. The van der Waals surface area contributed by atoms with Gasteiger partial charge in [0.05, 0.1) is 0 Å². The monoisotopic (exact) mass is 208 g/mol. The van der Waals surface area contributed by atoms with E-state index in [-0.39, 0.29) is 0 Å². The maximum Gasteiger partial charge on any atom is 0.0209 e. The number of nitrogens with zero attached hydrogens (tertiary/aromatic N) is 1. The molecule has 0 bridgehead atoms. The fourth-order valence-electron chi connectivity index (χ4n) is 3.39. The van der Waals surface area contributed by atoms with Crippen molar-refractivity contribution in [1.29, 1.82) is 0 Å². The van der Waals surface area contributed by atoms with Crippen molar-refractivity contribution < 1.29 is 0 Å². The topological polar surface area (TPSA) is 15.3 Å². The van der Waals surface area contributed by atoms with E-state index in [1.54, 1.807) is 0 Å². The summed E-state index contributed by atoms with van der Waals surface area (Å²) in [6.07, 6.45) is 8.60. The van der Waals surface area contributed by atoms with Crippen LogP contribution in [0, 0.1) is 5.92 Å². The van der Waals surface area contributed by atoms with E-state index in [9.17, 15) is 0 Å². The van der Waals surface area contributed by atoms with E-state index in [0.717, 1.165) is 24.0 Å². The second-order valence-corrected chi connectivity index (χ2v) is 5.99. The summed E-state index contributed by atoms with van der Waals surface area (Å²) >= 11 is 0. The summed E-state index contributed by atoms with van der Waals surface area (Å²) in [6, 6.07) is 2.62. The van der Waals surface area contributed by atoms with Gasteiger partial charge in [-0.2, -0.15) is 0 Å². The first-order valence-electron chi connectivity index (χ1n) is 6.81. The summed E-state index contributed by atoms with van der Waals surface area (Å²) in [5.41, 5.74) is 0. The Morgan fingerprint density at radius 1 is 1.00 bits per heavy atom. The third kappa shape index (κ3) is 2.36. The number of likely N-dealkylation sites (tertiary alicyclic amines) is 1. The number of hydrogen-bond donors (Lipinski definition) is 1. The molecular weight excluding hydrogens is 184 g/mol. The third-order valence-corrected chi connectivity index (χ3v) is 4.45. The largest absolute Gasteiger partial charge is 0.310 e. The molecule has 0 aromatic rings. The lowest BCUT2D eigenvalue weighted by Crippen LogP contribution is -2.39. The van der Waals surface area contributed by atoms with E-state index in [1.807, 2.05) is 0 Å². The van der Waals surface area contributed by atoms with Crippen molar-refractivity contribution in [3.8, 4) is 0 Å². The summed E-state index contributed by atoms with van der Waals surface area (Å²) in [6.45, 7) is 5.08. The minimum absolute atomic E-state index is 0.806. The third-order valence-electron chi connectivity index (χ3n) is 4.45. The summed E-state index contributed by atoms with van der Waals surface area (Å²) < 4.78 is 0. The van der Waals surface area contributed by atoms with Crippen LogP contribution in [0.5, 0.6) is 0 Å². The Kier molecular flexibility index (Phi) is 2.73. The van der Waals surface area contributed by atoms with Gasteiger partial charge in [0.1, 0.15) is 0 Å². The zero-order chi connectivity index (χ0) is 10.3. The van der Waals surface area contributed by atoms with Crippen molar-refractivity contribution in [2.75, 3.05) is 13.1 Å². The SMILES string of the molecule is CC1CCC(NC2CCN(C3CC3)C2)C1. The maximum absolute atomic E-state index is 3.88. The molecule has 1 saturated heterocycles. The highest BCUT2D eigenvalue weighted by Crippen LogP contribution is 2.31. The molecule has 0 aromatic carbocycles. The van der Waals surface area contributed by atoms with Crippen LogP contribution >= 0.6 is 0 Å². The lowest BCUT2D eigenvalue weighted by Gasteiger charge is -2.19. The summed E-state index contributed by atoms with van der Waals surface area (Å²) in [5.74, 6) is 0.962. The van der Waals surface area contributed by atoms with Crippen LogP contribution in [0.25, 0.3) is 0 Å². The van der Waals surface area contributed by atoms with Gasteiger partial charge in [0.25, 0.3) is 0 Å². The first kappa shape index (κ1) is 10.1. The lowest BCUT2D eigenvalue weighted by molar-refractivity contribution is 0.311. The van der Waals surface area contributed by atoms with Crippen molar-refractivity contribution in [3.63, 3.8) is 0 Å². The Hall–Kier alpha value is -0.0800. The molecular formula is C13H24N2. The van der Waals surface area contributed by atoms with Gasteiger partial charge >= 0.3 is 0 Å². The summed E-state index contributed by atoms with van der Waals surface area (Å²) in [7, 11) is 0.